The predicted octanol–water partition coefficient (Wildman–Crippen LogP) is 13.5. The fourth-order valence-corrected chi connectivity index (χ4v) is 14.9. The SMILES string of the molecule is CC1C(CN2C(=O)C(C(CC(c3ccccc3)(c3ccccc3)c3ccccc3)c3c[nH]cn3)(C(c3c[nH]cn3)C(c3ccccc3)(c3ccccc3)c3ccccc3)NC2=CC(=O)c2ccc(C#N)cc2)CC2CC1C2(C)C. The van der Waals surface area contributed by atoms with Crippen LogP contribution in [0.15, 0.2) is 243 Å². The lowest BCUT2D eigenvalue weighted by Crippen LogP contribution is -2.63. The Hall–Kier alpha value is -8.87. The quantitative estimate of drug-likeness (QED) is 0.0473. The standard InChI is InChI=1S/C70H65N7O2/c1-48-51(38-58-39-59(48)67(58,2)3)45-77-64(40-63(78)50-36-34-49(42-71)35-37-50)76-70(66(77)79,65(62-44-73-47-75-62)69(55-28-16-7-17-29-55,56-30-18-8-19-31-56)57-32-20-9-21-33-57)60(61-43-72-46-74-61)41-68(52-22-10-4-11-23-52,53-24-12-5-13-25-53)54-26-14-6-15-27-54/h4-37,40,43-44,46-48,51,58-60,65,76H,38-39,41,45H2,1-3H3,(H,72,74)(H,73,75). The third-order valence-corrected chi connectivity index (χ3v) is 18.8. The lowest BCUT2D eigenvalue weighted by Gasteiger charge is -2.62. The van der Waals surface area contributed by atoms with Crippen LogP contribution in [0.1, 0.15) is 113 Å². The van der Waals surface area contributed by atoms with Gasteiger partial charge in [-0.25, -0.2) is 9.97 Å². The summed E-state index contributed by atoms with van der Waals surface area (Å²) < 4.78 is 0. The molecule has 9 nitrogen and oxygen atoms in total. The normalized spacial score (nSPS) is 21.8. The average molecular weight is 1040 g/mol. The molecule has 1 saturated heterocycles. The van der Waals surface area contributed by atoms with Crippen LogP contribution in [0.3, 0.4) is 0 Å². The van der Waals surface area contributed by atoms with Crippen molar-refractivity contribution in [1.82, 2.24) is 30.2 Å². The number of rotatable bonds is 17. The highest BCUT2D eigenvalue weighted by molar-refractivity contribution is 6.06. The molecule has 7 unspecified atom stereocenters. The van der Waals surface area contributed by atoms with Gasteiger partial charge in [0.15, 0.2) is 5.78 Å². The van der Waals surface area contributed by atoms with Gasteiger partial charge in [0.1, 0.15) is 11.4 Å². The van der Waals surface area contributed by atoms with Crippen molar-refractivity contribution in [2.45, 2.75) is 68.2 Å². The van der Waals surface area contributed by atoms with Crippen LogP contribution in [0, 0.1) is 40.4 Å². The van der Waals surface area contributed by atoms with E-state index in [1.165, 1.54) is 6.42 Å². The lowest BCUT2D eigenvalue weighted by atomic mass is 9.43. The van der Waals surface area contributed by atoms with Crippen LogP contribution in [-0.2, 0) is 15.6 Å². The van der Waals surface area contributed by atoms with E-state index in [0.29, 0.717) is 59.1 Å². The van der Waals surface area contributed by atoms with E-state index in [9.17, 15) is 5.26 Å². The molecule has 4 aliphatic rings. The molecule has 2 aromatic heterocycles. The zero-order valence-electron chi connectivity index (χ0n) is 44.9. The number of amides is 1. The number of imidazole rings is 2. The Morgan fingerprint density at radius 2 is 1.11 bits per heavy atom. The van der Waals surface area contributed by atoms with Gasteiger partial charge < -0.3 is 15.3 Å². The molecule has 3 aliphatic carbocycles. The smallest absolute Gasteiger partial charge is 0.255 e. The number of nitrogens with one attached hydrogen (secondary N) is 3. The van der Waals surface area contributed by atoms with E-state index in [0.717, 1.165) is 39.8 Å². The van der Waals surface area contributed by atoms with E-state index < -0.39 is 28.2 Å². The van der Waals surface area contributed by atoms with E-state index in [1.54, 1.807) is 43.0 Å². The second kappa shape index (κ2) is 20.8. The van der Waals surface area contributed by atoms with Crippen LogP contribution in [0.2, 0.25) is 0 Å². The van der Waals surface area contributed by atoms with Gasteiger partial charge >= 0.3 is 0 Å². The molecule has 0 spiro atoms. The second-order valence-electron chi connectivity index (χ2n) is 22.8. The van der Waals surface area contributed by atoms with Crippen LogP contribution >= 0.6 is 0 Å². The number of carbonyl (C=O) groups is 2. The summed E-state index contributed by atoms with van der Waals surface area (Å²) in [6.07, 6.45) is 11.4. The van der Waals surface area contributed by atoms with Crippen molar-refractivity contribution < 1.29 is 9.59 Å². The molecule has 79 heavy (non-hydrogen) atoms. The maximum Gasteiger partial charge on any atom is 0.255 e. The molecule has 1 aliphatic heterocycles. The van der Waals surface area contributed by atoms with Crippen molar-refractivity contribution in [1.29, 1.82) is 5.26 Å². The Balaban J connectivity index is 1.22. The van der Waals surface area contributed by atoms with Crippen molar-refractivity contribution in [3.05, 3.63) is 299 Å². The van der Waals surface area contributed by atoms with Gasteiger partial charge in [-0.05, 0) is 106 Å². The fraction of sp³-hybridized carbons (Fsp3) is 0.243. The molecular formula is C70H65N7O2. The van der Waals surface area contributed by atoms with Crippen molar-refractivity contribution >= 4 is 11.7 Å². The number of aromatic amines is 2. The molecule has 9 aromatic rings. The Bertz CT molecular complexity index is 3410. The maximum atomic E-state index is 18.1. The van der Waals surface area contributed by atoms with Gasteiger partial charge in [-0.2, -0.15) is 5.26 Å². The number of benzene rings is 7. The van der Waals surface area contributed by atoms with Crippen molar-refractivity contribution in [2.24, 2.45) is 29.1 Å². The summed E-state index contributed by atoms with van der Waals surface area (Å²) in [5, 5.41) is 14.0. The first-order valence-corrected chi connectivity index (χ1v) is 27.8. The minimum absolute atomic E-state index is 0.138. The predicted molar refractivity (Wildman–Crippen MR) is 309 cm³/mol. The number of allylic oxidation sites excluding steroid dienone is 1. The zero-order chi connectivity index (χ0) is 54.2. The molecule has 3 N–H and O–H groups in total. The van der Waals surface area contributed by atoms with E-state index in [1.807, 2.05) is 35.5 Å². The van der Waals surface area contributed by atoms with Gasteiger partial charge in [0.05, 0.1) is 47.0 Å². The van der Waals surface area contributed by atoms with Crippen LogP contribution < -0.4 is 5.32 Å². The minimum atomic E-state index is -1.72. The maximum absolute atomic E-state index is 18.1. The lowest BCUT2D eigenvalue weighted by molar-refractivity contribution is -0.143. The highest BCUT2D eigenvalue weighted by Gasteiger charge is 2.68. The van der Waals surface area contributed by atoms with Gasteiger partial charge in [-0.1, -0.05) is 203 Å². The second-order valence-corrected chi connectivity index (χ2v) is 22.8. The van der Waals surface area contributed by atoms with Crippen molar-refractivity contribution in [2.75, 3.05) is 6.54 Å². The first-order valence-electron chi connectivity index (χ1n) is 27.8. The highest BCUT2D eigenvalue weighted by atomic mass is 16.2. The Kier molecular flexibility index (Phi) is 13.4. The van der Waals surface area contributed by atoms with Crippen molar-refractivity contribution in [3.63, 3.8) is 0 Å². The van der Waals surface area contributed by atoms with Gasteiger partial charge in [0.2, 0.25) is 0 Å². The zero-order valence-corrected chi connectivity index (χ0v) is 44.9. The molecule has 3 saturated carbocycles. The molecule has 4 fully saturated rings. The highest BCUT2D eigenvalue weighted by Crippen LogP contribution is 2.65. The number of nitrogens with zero attached hydrogens (tertiary/aromatic N) is 4. The summed E-state index contributed by atoms with van der Waals surface area (Å²) >= 11 is 0. The summed E-state index contributed by atoms with van der Waals surface area (Å²) in [5.74, 6) is -0.270. The number of fused-ring (bicyclic) bond motifs is 2. The monoisotopic (exact) mass is 1040 g/mol. The number of carbonyl (C=O) groups excluding carboxylic acids is 2. The number of ketones is 1. The van der Waals surface area contributed by atoms with Crippen LogP contribution in [0.5, 0.6) is 0 Å². The third-order valence-electron chi connectivity index (χ3n) is 18.8. The van der Waals surface area contributed by atoms with Gasteiger partial charge in [0, 0.05) is 41.9 Å². The molecule has 7 atom stereocenters. The number of hydrogen-bond donors (Lipinski definition) is 3. The average Bonchev–Trinajstić information content (AvgIpc) is 4.46. The summed E-state index contributed by atoms with van der Waals surface area (Å²) in [5.41, 5.74) is 4.59. The van der Waals surface area contributed by atoms with Gasteiger partial charge in [-0.3, -0.25) is 14.5 Å². The first-order chi connectivity index (χ1) is 38.6. The van der Waals surface area contributed by atoms with Crippen molar-refractivity contribution in [3.8, 4) is 6.07 Å². The summed E-state index contributed by atoms with van der Waals surface area (Å²) in [4.78, 5) is 52.7. The van der Waals surface area contributed by atoms with E-state index in [2.05, 4.69) is 206 Å². The van der Waals surface area contributed by atoms with Crippen LogP contribution in [-0.4, -0.2) is 48.6 Å². The fourth-order valence-electron chi connectivity index (χ4n) is 14.9. The summed E-state index contributed by atoms with van der Waals surface area (Å²) in [7, 11) is 0. The van der Waals surface area contributed by atoms with E-state index in [-0.39, 0.29) is 23.0 Å². The minimum Gasteiger partial charge on any atom is -0.356 e. The van der Waals surface area contributed by atoms with E-state index >= 15 is 9.59 Å². The molecule has 13 rings (SSSR count). The topological polar surface area (TPSA) is 131 Å². The first kappa shape index (κ1) is 50.9. The van der Waals surface area contributed by atoms with Crippen LogP contribution in [0.25, 0.3) is 0 Å². The molecule has 3 heterocycles. The Labute approximate surface area is 463 Å². The molecule has 0 radical (unpaired) electrons. The molecule has 7 aromatic carbocycles. The van der Waals surface area contributed by atoms with Gasteiger partial charge in [0.25, 0.3) is 5.91 Å². The number of hydrogen-bond acceptors (Lipinski definition) is 6. The molecule has 9 heteroatoms. The third kappa shape index (κ3) is 8.53. The summed E-state index contributed by atoms with van der Waals surface area (Å²) in [6.45, 7) is 7.58. The molecule has 1 amide bonds. The van der Waals surface area contributed by atoms with Gasteiger partial charge in [-0.15, -0.1) is 0 Å². The Morgan fingerprint density at radius 3 is 1.53 bits per heavy atom. The molecule has 392 valence electrons. The Morgan fingerprint density at radius 1 is 0.658 bits per heavy atom. The number of aromatic nitrogens is 4. The largest absolute Gasteiger partial charge is 0.356 e. The molecule has 2 bridgehead atoms. The van der Waals surface area contributed by atoms with Crippen LogP contribution in [0.4, 0.5) is 0 Å². The van der Waals surface area contributed by atoms with E-state index in [4.69, 9.17) is 9.97 Å². The number of H-pyrrole nitrogens is 2. The number of nitriles is 1. The summed E-state index contributed by atoms with van der Waals surface area (Å²) in [6, 6.07) is 72.6. The molecular weight excluding hydrogens is 971 g/mol.